The number of halogens is 1. The van der Waals surface area contributed by atoms with E-state index in [1.54, 1.807) is 14.2 Å². The minimum atomic E-state index is -1.17. The molecule has 23 heavy (non-hydrogen) atoms. The van der Waals surface area contributed by atoms with Gasteiger partial charge in [0.05, 0.1) is 7.11 Å². The lowest BCUT2D eigenvalue weighted by Gasteiger charge is -2.26. The van der Waals surface area contributed by atoms with Crippen molar-refractivity contribution in [3.05, 3.63) is 64.1 Å². The number of hydrogen-bond donors (Lipinski definition) is 1. The fourth-order valence-corrected chi connectivity index (χ4v) is 3.13. The van der Waals surface area contributed by atoms with E-state index in [-0.39, 0.29) is 11.9 Å². The molecule has 2 aromatic carbocycles. The van der Waals surface area contributed by atoms with Gasteiger partial charge < -0.3 is 10.5 Å². The first kappa shape index (κ1) is 15.6. The van der Waals surface area contributed by atoms with E-state index in [4.69, 9.17) is 10.5 Å². The monoisotopic (exact) mass is 373 g/mol. The van der Waals surface area contributed by atoms with Gasteiger partial charge in [-0.3, -0.25) is 9.69 Å². The number of nitrogens with zero attached hydrogens (tertiary/aromatic N) is 2. The van der Waals surface area contributed by atoms with E-state index in [1.165, 1.54) is 4.90 Å². The SMILES string of the molecule is COc1ccc([C@@]2(c3cccc(Br)c3)N=C(N)N(C)C2=O)cc1. The van der Waals surface area contributed by atoms with Gasteiger partial charge in [-0.05, 0) is 35.4 Å². The highest BCUT2D eigenvalue weighted by Gasteiger charge is 2.49. The Kier molecular flexibility index (Phi) is 3.85. The fourth-order valence-electron chi connectivity index (χ4n) is 2.73. The summed E-state index contributed by atoms with van der Waals surface area (Å²) < 4.78 is 6.07. The summed E-state index contributed by atoms with van der Waals surface area (Å²) in [6.45, 7) is 0. The number of carbonyl (C=O) groups excluding carboxylic acids is 1. The summed E-state index contributed by atoms with van der Waals surface area (Å²) in [7, 11) is 3.23. The van der Waals surface area contributed by atoms with Crippen molar-refractivity contribution in [2.75, 3.05) is 14.2 Å². The molecular formula is C17H16BrN3O2. The second-order valence-electron chi connectivity index (χ2n) is 5.28. The largest absolute Gasteiger partial charge is 0.497 e. The molecule has 2 aromatic rings. The number of ether oxygens (including phenoxy) is 1. The third kappa shape index (κ3) is 2.39. The van der Waals surface area contributed by atoms with Crippen LogP contribution in [-0.4, -0.2) is 30.9 Å². The zero-order chi connectivity index (χ0) is 16.6. The number of guanidine groups is 1. The molecule has 0 spiro atoms. The van der Waals surface area contributed by atoms with Crippen molar-refractivity contribution in [1.29, 1.82) is 0 Å². The normalized spacial score (nSPS) is 20.6. The van der Waals surface area contributed by atoms with Gasteiger partial charge in [-0.1, -0.05) is 40.2 Å². The number of benzene rings is 2. The smallest absolute Gasteiger partial charge is 0.266 e. The predicted octanol–water partition coefficient (Wildman–Crippen LogP) is 2.49. The van der Waals surface area contributed by atoms with Crippen LogP contribution in [0.5, 0.6) is 5.75 Å². The third-order valence-corrected chi connectivity index (χ3v) is 4.48. The molecule has 118 valence electrons. The molecule has 0 radical (unpaired) electrons. The molecule has 0 bridgehead atoms. The summed E-state index contributed by atoms with van der Waals surface area (Å²) >= 11 is 3.45. The third-order valence-electron chi connectivity index (χ3n) is 3.99. The van der Waals surface area contributed by atoms with Crippen LogP contribution < -0.4 is 10.5 Å². The van der Waals surface area contributed by atoms with Gasteiger partial charge in [-0.25, -0.2) is 4.99 Å². The van der Waals surface area contributed by atoms with Gasteiger partial charge in [0.15, 0.2) is 11.5 Å². The number of hydrogen-bond acceptors (Lipinski definition) is 4. The van der Waals surface area contributed by atoms with Gasteiger partial charge in [-0.2, -0.15) is 0 Å². The van der Waals surface area contributed by atoms with Gasteiger partial charge >= 0.3 is 0 Å². The molecule has 5 nitrogen and oxygen atoms in total. The lowest BCUT2D eigenvalue weighted by atomic mass is 9.83. The molecule has 1 amide bonds. The van der Waals surface area contributed by atoms with E-state index in [2.05, 4.69) is 20.9 Å². The number of amides is 1. The van der Waals surface area contributed by atoms with Gasteiger partial charge in [0.1, 0.15) is 5.75 Å². The molecular weight excluding hydrogens is 358 g/mol. The van der Waals surface area contributed by atoms with Crippen molar-refractivity contribution >= 4 is 27.8 Å². The number of likely N-dealkylation sites (N-methyl/N-ethyl adjacent to an activating group) is 1. The van der Waals surface area contributed by atoms with E-state index in [0.29, 0.717) is 5.75 Å². The molecule has 1 atom stereocenters. The van der Waals surface area contributed by atoms with Crippen LogP contribution in [-0.2, 0) is 10.3 Å². The molecule has 0 saturated carbocycles. The Morgan fingerprint density at radius 2 is 1.87 bits per heavy atom. The average Bonchev–Trinajstić information content (AvgIpc) is 2.80. The second kappa shape index (κ2) is 5.70. The van der Waals surface area contributed by atoms with Crippen molar-refractivity contribution in [3.8, 4) is 5.75 Å². The Morgan fingerprint density at radius 1 is 1.17 bits per heavy atom. The molecule has 1 aliphatic rings. The molecule has 2 N–H and O–H groups in total. The topological polar surface area (TPSA) is 67.9 Å². The summed E-state index contributed by atoms with van der Waals surface area (Å²) in [5, 5.41) is 0. The lowest BCUT2D eigenvalue weighted by molar-refractivity contribution is -0.129. The molecule has 0 fully saturated rings. The predicted molar refractivity (Wildman–Crippen MR) is 92.3 cm³/mol. The van der Waals surface area contributed by atoms with Crippen LogP contribution in [0, 0.1) is 0 Å². The minimum Gasteiger partial charge on any atom is -0.497 e. The zero-order valence-corrected chi connectivity index (χ0v) is 14.4. The van der Waals surface area contributed by atoms with E-state index in [9.17, 15) is 4.79 Å². The molecule has 0 aliphatic carbocycles. The van der Waals surface area contributed by atoms with Crippen molar-refractivity contribution in [2.45, 2.75) is 5.54 Å². The maximum absolute atomic E-state index is 13.0. The van der Waals surface area contributed by atoms with Crippen LogP contribution in [0.4, 0.5) is 0 Å². The van der Waals surface area contributed by atoms with Crippen LogP contribution in [0.2, 0.25) is 0 Å². The van der Waals surface area contributed by atoms with Gasteiger partial charge in [0.25, 0.3) is 5.91 Å². The summed E-state index contributed by atoms with van der Waals surface area (Å²) in [5.41, 5.74) is 6.26. The molecule has 0 aromatic heterocycles. The van der Waals surface area contributed by atoms with Crippen molar-refractivity contribution < 1.29 is 9.53 Å². The van der Waals surface area contributed by atoms with E-state index >= 15 is 0 Å². The number of rotatable bonds is 3. The quantitative estimate of drug-likeness (QED) is 0.898. The summed E-state index contributed by atoms with van der Waals surface area (Å²) in [6.07, 6.45) is 0. The highest BCUT2D eigenvalue weighted by atomic mass is 79.9. The average molecular weight is 374 g/mol. The molecule has 6 heteroatoms. The first-order valence-electron chi connectivity index (χ1n) is 7.03. The van der Waals surface area contributed by atoms with Gasteiger partial charge in [-0.15, -0.1) is 0 Å². The maximum Gasteiger partial charge on any atom is 0.266 e. The fraction of sp³-hybridized carbons (Fsp3) is 0.176. The maximum atomic E-state index is 13.0. The van der Waals surface area contributed by atoms with Crippen LogP contribution in [0.3, 0.4) is 0 Å². The van der Waals surface area contributed by atoms with E-state index < -0.39 is 5.54 Å². The van der Waals surface area contributed by atoms with Crippen LogP contribution in [0.1, 0.15) is 11.1 Å². The minimum absolute atomic E-state index is 0.182. The van der Waals surface area contributed by atoms with Crippen LogP contribution in [0.15, 0.2) is 58.0 Å². The molecule has 0 saturated heterocycles. The standard InChI is InChI=1S/C17H16BrN3O2/c1-21-15(22)17(20-16(21)19,12-4-3-5-13(18)10-12)11-6-8-14(23-2)9-7-11/h3-10H,1-2H3,(H2,19,20)/t17-/m0/s1. The summed E-state index contributed by atoms with van der Waals surface area (Å²) in [4.78, 5) is 18.9. The Hall–Kier alpha value is -2.34. The van der Waals surface area contributed by atoms with Crippen LogP contribution >= 0.6 is 15.9 Å². The van der Waals surface area contributed by atoms with Crippen molar-refractivity contribution in [2.24, 2.45) is 10.7 Å². The Labute approximate surface area is 142 Å². The molecule has 3 rings (SSSR count). The van der Waals surface area contributed by atoms with Gasteiger partial charge in [0.2, 0.25) is 0 Å². The number of methoxy groups -OCH3 is 1. The highest BCUT2D eigenvalue weighted by Crippen LogP contribution is 2.40. The Bertz CT molecular complexity index is 789. The number of aliphatic imine (C=N–C) groups is 1. The number of carbonyl (C=O) groups is 1. The van der Waals surface area contributed by atoms with Crippen LogP contribution in [0.25, 0.3) is 0 Å². The van der Waals surface area contributed by atoms with Crippen molar-refractivity contribution in [1.82, 2.24) is 4.90 Å². The first-order valence-corrected chi connectivity index (χ1v) is 7.82. The Balaban J connectivity index is 2.24. The second-order valence-corrected chi connectivity index (χ2v) is 6.20. The van der Waals surface area contributed by atoms with E-state index in [1.807, 2.05) is 48.5 Å². The highest BCUT2D eigenvalue weighted by molar-refractivity contribution is 9.10. The summed E-state index contributed by atoms with van der Waals surface area (Å²) in [5.74, 6) is 0.734. The lowest BCUT2D eigenvalue weighted by Crippen LogP contribution is -2.41. The number of nitrogens with two attached hydrogens (primary N) is 1. The molecule has 1 heterocycles. The molecule has 1 aliphatic heterocycles. The Morgan fingerprint density at radius 3 is 2.39 bits per heavy atom. The molecule has 0 unspecified atom stereocenters. The van der Waals surface area contributed by atoms with Gasteiger partial charge in [0, 0.05) is 11.5 Å². The first-order chi connectivity index (χ1) is 11.0. The van der Waals surface area contributed by atoms with E-state index in [0.717, 1.165) is 15.6 Å². The zero-order valence-electron chi connectivity index (χ0n) is 12.8. The van der Waals surface area contributed by atoms with Crippen molar-refractivity contribution in [3.63, 3.8) is 0 Å². The summed E-state index contributed by atoms with van der Waals surface area (Å²) in [6, 6.07) is 14.9.